The number of piperidine rings is 1. The van der Waals surface area contributed by atoms with Crippen LogP contribution >= 0.6 is 24.8 Å². The summed E-state index contributed by atoms with van der Waals surface area (Å²) in [6.45, 7) is 4.68. The number of nitrogens with two attached hydrogens (primary N) is 1. The number of amides is 1. The molecule has 1 aromatic carbocycles. The molecule has 1 aromatic heterocycles. The lowest BCUT2D eigenvalue weighted by Crippen LogP contribution is -2.47. The standard InChI is InChI=1S/C19H26N4O.2ClH/c1-15-7-9-23(10-8-15)19(24)18(20)11-17-13-22(14-21-17)12-16-5-3-2-4-6-16;;/h2-6,13-15,18H,7-12,20H2,1H3;2*1H/t18-;;/m0../s1. The van der Waals surface area contributed by atoms with E-state index in [9.17, 15) is 4.79 Å². The van der Waals surface area contributed by atoms with Crippen molar-refractivity contribution in [2.75, 3.05) is 13.1 Å². The van der Waals surface area contributed by atoms with Crippen molar-refractivity contribution in [2.24, 2.45) is 11.7 Å². The Labute approximate surface area is 167 Å². The van der Waals surface area contributed by atoms with E-state index in [0.717, 1.165) is 38.2 Å². The summed E-state index contributed by atoms with van der Waals surface area (Å²) in [5.41, 5.74) is 8.23. The van der Waals surface area contributed by atoms with Crippen molar-refractivity contribution < 1.29 is 4.79 Å². The second kappa shape index (κ2) is 10.6. The van der Waals surface area contributed by atoms with Crippen molar-refractivity contribution in [1.29, 1.82) is 0 Å². The maximum absolute atomic E-state index is 12.5. The third-order valence-electron chi connectivity index (χ3n) is 4.74. The molecule has 3 rings (SSSR count). The lowest BCUT2D eigenvalue weighted by Gasteiger charge is -2.32. The number of carbonyl (C=O) groups excluding carboxylic acids is 1. The highest BCUT2D eigenvalue weighted by atomic mass is 35.5. The number of benzene rings is 1. The van der Waals surface area contributed by atoms with Gasteiger partial charge in [0.05, 0.1) is 18.1 Å². The van der Waals surface area contributed by atoms with Gasteiger partial charge in [0, 0.05) is 32.3 Å². The van der Waals surface area contributed by atoms with Crippen LogP contribution in [0.1, 0.15) is 31.0 Å². The van der Waals surface area contributed by atoms with E-state index in [1.807, 2.05) is 40.2 Å². The van der Waals surface area contributed by atoms with Gasteiger partial charge in [0.25, 0.3) is 0 Å². The van der Waals surface area contributed by atoms with Crippen molar-refractivity contribution in [3.8, 4) is 0 Å². The van der Waals surface area contributed by atoms with Crippen LogP contribution in [0.2, 0.25) is 0 Å². The van der Waals surface area contributed by atoms with Gasteiger partial charge >= 0.3 is 0 Å². The highest BCUT2D eigenvalue weighted by molar-refractivity contribution is 5.85. The summed E-state index contributed by atoms with van der Waals surface area (Å²) in [5.74, 6) is 0.762. The van der Waals surface area contributed by atoms with Crippen molar-refractivity contribution in [1.82, 2.24) is 14.5 Å². The Kier molecular flexibility index (Phi) is 9.13. The molecule has 0 radical (unpaired) electrons. The van der Waals surface area contributed by atoms with Gasteiger partial charge in [0.1, 0.15) is 0 Å². The van der Waals surface area contributed by atoms with Crippen LogP contribution in [-0.4, -0.2) is 39.5 Å². The third kappa shape index (κ3) is 6.01. The first-order valence-electron chi connectivity index (χ1n) is 8.71. The van der Waals surface area contributed by atoms with E-state index < -0.39 is 6.04 Å². The monoisotopic (exact) mass is 398 g/mol. The summed E-state index contributed by atoms with van der Waals surface area (Å²) in [6.07, 6.45) is 6.43. The molecule has 26 heavy (non-hydrogen) atoms. The van der Waals surface area contributed by atoms with Gasteiger partial charge in [-0.1, -0.05) is 37.3 Å². The van der Waals surface area contributed by atoms with E-state index in [2.05, 4.69) is 24.0 Å². The average molecular weight is 399 g/mol. The zero-order valence-electron chi connectivity index (χ0n) is 15.1. The van der Waals surface area contributed by atoms with Crippen molar-refractivity contribution >= 4 is 30.7 Å². The fourth-order valence-electron chi connectivity index (χ4n) is 3.17. The number of carbonyl (C=O) groups is 1. The predicted octanol–water partition coefficient (Wildman–Crippen LogP) is 2.90. The van der Waals surface area contributed by atoms with Crippen molar-refractivity contribution in [3.63, 3.8) is 0 Å². The van der Waals surface area contributed by atoms with Crippen LogP contribution in [0.25, 0.3) is 0 Å². The van der Waals surface area contributed by atoms with Gasteiger partial charge in [0.15, 0.2) is 0 Å². The molecule has 2 N–H and O–H groups in total. The molecule has 7 heteroatoms. The molecule has 144 valence electrons. The number of nitrogens with zero attached hydrogens (tertiary/aromatic N) is 3. The van der Waals surface area contributed by atoms with Gasteiger partial charge in [-0.25, -0.2) is 4.98 Å². The van der Waals surface area contributed by atoms with E-state index in [1.54, 1.807) is 0 Å². The van der Waals surface area contributed by atoms with Crippen molar-refractivity contribution in [2.45, 2.75) is 38.8 Å². The molecule has 1 amide bonds. The zero-order valence-corrected chi connectivity index (χ0v) is 16.7. The molecule has 0 unspecified atom stereocenters. The van der Waals surface area contributed by atoms with E-state index in [-0.39, 0.29) is 30.7 Å². The summed E-state index contributed by atoms with van der Waals surface area (Å²) in [7, 11) is 0. The number of rotatable bonds is 5. The molecule has 5 nitrogen and oxygen atoms in total. The summed E-state index contributed by atoms with van der Waals surface area (Å²) < 4.78 is 2.03. The maximum Gasteiger partial charge on any atom is 0.239 e. The van der Waals surface area contributed by atoms with Crippen molar-refractivity contribution in [3.05, 3.63) is 54.1 Å². The number of aromatic nitrogens is 2. The third-order valence-corrected chi connectivity index (χ3v) is 4.74. The first kappa shape index (κ1) is 22.5. The highest BCUT2D eigenvalue weighted by Gasteiger charge is 2.25. The van der Waals surface area contributed by atoms with Crippen LogP contribution in [0.3, 0.4) is 0 Å². The molecule has 1 saturated heterocycles. The van der Waals surface area contributed by atoms with Crippen LogP contribution in [-0.2, 0) is 17.8 Å². The smallest absolute Gasteiger partial charge is 0.239 e. The summed E-state index contributed by atoms with van der Waals surface area (Å²) in [4.78, 5) is 18.8. The topological polar surface area (TPSA) is 64.2 Å². The molecule has 2 heterocycles. The molecule has 2 aromatic rings. The van der Waals surface area contributed by atoms with E-state index in [1.165, 1.54) is 5.56 Å². The fraction of sp³-hybridized carbons (Fsp3) is 0.474. The summed E-state index contributed by atoms with van der Waals surface area (Å²) >= 11 is 0. The van der Waals surface area contributed by atoms with Crippen LogP contribution in [0, 0.1) is 5.92 Å². The second-order valence-corrected chi connectivity index (χ2v) is 6.84. The average Bonchev–Trinajstić information content (AvgIpc) is 3.02. The van der Waals surface area contributed by atoms with Crippen LogP contribution in [0.4, 0.5) is 0 Å². The van der Waals surface area contributed by atoms with Gasteiger partial charge in [-0.15, -0.1) is 24.8 Å². The minimum Gasteiger partial charge on any atom is -0.341 e. The van der Waals surface area contributed by atoms with Crippen LogP contribution < -0.4 is 5.73 Å². The molecule has 1 aliphatic rings. The van der Waals surface area contributed by atoms with Gasteiger partial charge < -0.3 is 15.2 Å². The Morgan fingerprint density at radius 2 is 1.88 bits per heavy atom. The Morgan fingerprint density at radius 3 is 2.54 bits per heavy atom. The molecule has 0 spiro atoms. The minimum absolute atomic E-state index is 0. The molecule has 1 aliphatic heterocycles. The van der Waals surface area contributed by atoms with Crippen LogP contribution in [0.15, 0.2) is 42.9 Å². The lowest BCUT2D eigenvalue weighted by molar-refractivity contribution is -0.133. The Balaban J connectivity index is 0.00000169. The van der Waals surface area contributed by atoms with Gasteiger partial charge in [-0.05, 0) is 24.3 Å². The SMILES string of the molecule is CC1CCN(C(=O)[C@@H](N)Cc2cn(Cc3ccccc3)cn2)CC1.Cl.Cl. The first-order chi connectivity index (χ1) is 11.6. The Hall–Kier alpha value is -1.56. The second-order valence-electron chi connectivity index (χ2n) is 6.84. The van der Waals surface area contributed by atoms with E-state index >= 15 is 0 Å². The summed E-state index contributed by atoms with van der Waals surface area (Å²) in [5, 5.41) is 0. The number of imidazole rings is 1. The van der Waals surface area contributed by atoms with Gasteiger partial charge in [-0.3, -0.25) is 4.79 Å². The summed E-state index contributed by atoms with van der Waals surface area (Å²) in [6, 6.07) is 9.74. The molecule has 0 aliphatic carbocycles. The Bertz CT molecular complexity index is 669. The molecule has 0 bridgehead atoms. The molecule has 0 saturated carbocycles. The molecule has 1 fully saturated rings. The number of hydrogen-bond acceptors (Lipinski definition) is 3. The fourth-order valence-corrected chi connectivity index (χ4v) is 3.17. The minimum atomic E-state index is -0.501. The highest BCUT2D eigenvalue weighted by Crippen LogP contribution is 2.17. The molecule has 1 atom stereocenters. The van der Waals surface area contributed by atoms with Crippen LogP contribution in [0.5, 0.6) is 0 Å². The Morgan fingerprint density at radius 1 is 1.23 bits per heavy atom. The zero-order chi connectivity index (χ0) is 16.9. The predicted molar refractivity (Wildman–Crippen MR) is 109 cm³/mol. The lowest BCUT2D eigenvalue weighted by atomic mass is 9.98. The largest absolute Gasteiger partial charge is 0.341 e. The van der Waals surface area contributed by atoms with Gasteiger partial charge in [-0.2, -0.15) is 0 Å². The van der Waals surface area contributed by atoms with Gasteiger partial charge in [0.2, 0.25) is 5.91 Å². The maximum atomic E-state index is 12.5. The normalized spacial score (nSPS) is 15.7. The number of hydrogen-bond donors (Lipinski definition) is 1. The number of halogens is 2. The number of likely N-dealkylation sites (tertiary alicyclic amines) is 1. The van der Waals surface area contributed by atoms with E-state index in [4.69, 9.17) is 5.73 Å². The quantitative estimate of drug-likeness (QED) is 0.841. The van der Waals surface area contributed by atoms with E-state index in [0.29, 0.717) is 12.3 Å². The first-order valence-corrected chi connectivity index (χ1v) is 8.71. The molecular weight excluding hydrogens is 371 g/mol. The molecular formula is C19H28Cl2N4O.